The Kier molecular flexibility index (Phi) is 2.40. The van der Waals surface area contributed by atoms with Gasteiger partial charge in [0.25, 0.3) is 5.56 Å². The predicted molar refractivity (Wildman–Crippen MR) is 59.5 cm³/mol. The largest absolute Gasteiger partial charge is 0.381 e. The van der Waals surface area contributed by atoms with E-state index in [0.717, 1.165) is 32.1 Å². The van der Waals surface area contributed by atoms with Gasteiger partial charge in [0.05, 0.1) is 19.5 Å². The van der Waals surface area contributed by atoms with E-state index in [0.29, 0.717) is 11.8 Å². The molecule has 2 fully saturated rings. The zero-order valence-electron chi connectivity index (χ0n) is 9.06. The summed E-state index contributed by atoms with van der Waals surface area (Å²) in [6, 6.07) is 1.57. The lowest BCUT2D eigenvalue weighted by Gasteiger charge is -2.41. The minimum Gasteiger partial charge on any atom is -0.381 e. The normalized spacial score (nSPS) is 29.1. The molecule has 1 aromatic heterocycles. The third-order valence-corrected chi connectivity index (χ3v) is 3.32. The van der Waals surface area contributed by atoms with Crippen molar-refractivity contribution in [2.75, 3.05) is 31.2 Å². The van der Waals surface area contributed by atoms with Crippen molar-refractivity contribution in [1.82, 2.24) is 9.97 Å². The summed E-state index contributed by atoms with van der Waals surface area (Å²) in [5.41, 5.74) is -0.0861. The van der Waals surface area contributed by atoms with Crippen molar-refractivity contribution in [3.05, 3.63) is 22.7 Å². The van der Waals surface area contributed by atoms with Gasteiger partial charge in [0.1, 0.15) is 5.82 Å². The van der Waals surface area contributed by atoms with Gasteiger partial charge in [0, 0.05) is 31.0 Å². The van der Waals surface area contributed by atoms with Gasteiger partial charge in [-0.3, -0.25) is 4.79 Å². The van der Waals surface area contributed by atoms with Crippen LogP contribution in [0, 0.1) is 11.8 Å². The van der Waals surface area contributed by atoms with E-state index < -0.39 is 0 Å². The molecule has 1 aromatic rings. The Morgan fingerprint density at radius 3 is 2.81 bits per heavy atom. The van der Waals surface area contributed by atoms with Crippen LogP contribution in [0.5, 0.6) is 0 Å². The van der Waals surface area contributed by atoms with Crippen molar-refractivity contribution in [2.45, 2.75) is 6.42 Å². The summed E-state index contributed by atoms with van der Waals surface area (Å²) in [6.45, 7) is 3.59. The van der Waals surface area contributed by atoms with Gasteiger partial charge in [-0.05, 0) is 6.42 Å². The topological polar surface area (TPSA) is 58.2 Å². The smallest absolute Gasteiger partial charge is 0.252 e. The summed E-state index contributed by atoms with van der Waals surface area (Å²) < 4.78 is 5.53. The summed E-state index contributed by atoms with van der Waals surface area (Å²) >= 11 is 0. The monoisotopic (exact) mass is 221 g/mol. The van der Waals surface area contributed by atoms with Crippen LogP contribution in [-0.4, -0.2) is 36.3 Å². The number of nitrogens with one attached hydrogen (secondary N) is 1. The number of anilines is 1. The van der Waals surface area contributed by atoms with Crippen LogP contribution < -0.4 is 10.5 Å². The molecule has 2 saturated heterocycles. The first-order valence-corrected chi connectivity index (χ1v) is 5.68. The Morgan fingerprint density at radius 1 is 1.38 bits per heavy atom. The molecule has 0 radical (unpaired) electrons. The highest BCUT2D eigenvalue weighted by Crippen LogP contribution is 2.28. The number of hydrogen-bond donors (Lipinski definition) is 1. The summed E-state index contributed by atoms with van der Waals surface area (Å²) in [5.74, 6) is 1.97. The van der Waals surface area contributed by atoms with Crippen LogP contribution in [0.1, 0.15) is 6.42 Å². The molecule has 2 bridgehead atoms. The molecule has 0 spiro atoms. The van der Waals surface area contributed by atoms with Crippen molar-refractivity contribution in [2.24, 2.45) is 11.8 Å². The Bertz CT molecular complexity index is 419. The quantitative estimate of drug-likeness (QED) is 0.738. The number of rotatable bonds is 1. The van der Waals surface area contributed by atoms with Gasteiger partial charge in [-0.25, -0.2) is 4.98 Å². The number of aromatic nitrogens is 2. The first kappa shape index (κ1) is 9.84. The summed E-state index contributed by atoms with van der Waals surface area (Å²) in [4.78, 5) is 20.2. The lowest BCUT2D eigenvalue weighted by atomic mass is 9.88. The van der Waals surface area contributed by atoms with E-state index in [2.05, 4.69) is 14.9 Å². The maximum Gasteiger partial charge on any atom is 0.252 e. The second-order valence-electron chi connectivity index (χ2n) is 4.68. The van der Waals surface area contributed by atoms with Gasteiger partial charge in [-0.15, -0.1) is 0 Å². The summed E-state index contributed by atoms with van der Waals surface area (Å²) in [6.07, 6.45) is 2.72. The molecular weight excluding hydrogens is 206 g/mol. The van der Waals surface area contributed by atoms with Gasteiger partial charge in [0.2, 0.25) is 0 Å². The van der Waals surface area contributed by atoms with E-state index in [9.17, 15) is 4.79 Å². The number of ether oxygens (including phenoxy) is 1. The van der Waals surface area contributed by atoms with Crippen LogP contribution in [0.2, 0.25) is 0 Å². The van der Waals surface area contributed by atoms with Crippen LogP contribution in [0.25, 0.3) is 0 Å². The van der Waals surface area contributed by atoms with Gasteiger partial charge >= 0.3 is 0 Å². The average Bonchev–Trinajstić information content (AvgIpc) is 2.28. The number of piperidine rings is 1. The fraction of sp³-hybridized carbons (Fsp3) is 0.636. The molecule has 2 unspecified atom stereocenters. The lowest BCUT2D eigenvalue weighted by Crippen LogP contribution is -2.47. The Morgan fingerprint density at radius 2 is 2.12 bits per heavy atom. The summed E-state index contributed by atoms with van der Waals surface area (Å²) in [5, 5.41) is 0. The summed E-state index contributed by atoms with van der Waals surface area (Å²) in [7, 11) is 0. The van der Waals surface area contributed by atoms with E-state index in [-0.39, 0.29) is 5.56 Å². The van der Waals surface area contributed by atoms with E-state index in [1.807, 2.05) is 0 Å². The van der Waals surface area contributed by atoms with E-state index in [1.165, 1.54) is 12.7 Å². The third kappa shape index (κ3) is 1.82. The van der Waals surface area contributed by atoms with Crippen LogP contribution in [-0.2, 0) is 4.74 Å². The second-order valence-corrected chi connectivity index (χ2v) is 4.68. The Hall–Kier alpha value is -1.36. The zero-order valence-corrected chi connectivity index (χ0v) is 9.06. The molecule has 3 rings (SSSR count). The second kappa shape index (κ2) is 3.90. The molecule has 5 heteroatoms. The molecule has 2 atom stereocenters. The van der Waals surface area contributed by atoms with Crippen molar-refractivity contribution in [3.8, 4) is 0 Å². The molecule has 86 valence electrons. The van der Waals surface area contributed by atoms with Gasteiger partial charge in [-0.1, -0.05) is 0 Å². The average molecular weight is 221 g/mol. The molecule has 2 aliphatic heterocycles. The van der Waals surface area contributed by atoms with Crippen molar-refractivity contribution in [1.29, 1.82) is 0 Å². The minimum atomic E-state index is -0.0861. The zero-order chi connectivity index (χ0) is 11.0. The fourth-order valence-corrected chi connectivity index (χ4v) is 2.68. The van der Waals surface area contributed by atoms with Gasteiger partial charge < -0.3 is 14.6 Å². The van der Waals surface area contributed by atoms with Crippen LogP contribution in [0.4, 0.5) is 5.82 Å². The first-order chi connectivity index (χ1) is 7.81. The van der Waals surface area contributed by atoms with Crippen molar-refractivity contribution >= 4 is 5.82 Å². The Balaban J connectivity index is 1.82. The number of nitrogens with zero attached hydrogens (tertiary/aromatic N) is 2. The first-order valence-electron chi connectivity index (χ1n) is 5.68. The molecular formula is C11H15N3O2. The van der Waals surface area contributed by atoms with E-state index in [1.54, 1.807) is 6.07 Å². The third-order valence-electron chi connectivity index (χ3n) is 3.32. The molecule has 16 heavy (non-hydrogen) atoms. The van der Waals surface area contributed by atoms with Crippen LogP contribution in [0.15, 0.2) is 17.2 Å². The van der Waals surface area contributed by atoms with E-state index >= 15 is 0 Å². The number of H-pyrrole nitrogens is 1. The molecule has 2 aliphatic rings. The molecule has 1 N–H and O–H groups in total. The fourth-order valence-electron chi connectivity index (χ4n) is 2.68. The maximum absolute atomic E-state index is 11.2. The highest BCUT2D eigenvalue weighted by molar-refractivity contribution is 5.37. The van der Waals surface area contributed by atoms with Crippen molar-refractivity contribution < 1.29 is 4.74 Å². The highest BCUT2D eigenvalue weighted by atomic mass is 16.5. The van der Waals surface area contributed by atoms with Gasteiger partial charge in [-0.2, -0.15) is 0 Å². The van der Waals surface area contributed by atoms with E-state index in [4.69, 9.17) is 4.74 Å². The SMILES string of the molecule is O=c1cc(N2CC3COCC(C3)C2)nc[nH]1. The lowest BCUT2D eigenvalue weighted by molar-refractivity contribution is 0.00608. The molecule has 0 aromatic carbocycles. The van der Waals surface area contributed by atoms with Gasteiger partial charge in [0.15, 0.2) is 0 Å². The number of fused-ring (bicyclic) bond motifs is 2. The van der Waals surface area contributed by atoms with Crippen LogP contribution in [0.3, 0.4) is 0 Å². The number of hydrogen-bond acceptors (Lipinski definition) is 4. The molecule has 0 saturated carbocycles. The maximum atomic E-state index is 11.2. The van der Waals surface area contributed by atoms with Crippen LogP contribution >= 0.6 is 0 Å². The molecule has 0 aliphatic carbocycles. The standard InChI is InChI=1S/C11H15N3O2/c15-11-2-10(12-7-13-11)14-3-8-1-9(4-14)6-16-5-8/h2,7-9H,1,3-6H2,(H,12,13,15). The number of aromatic amines is 1. The molecule has 3 heterocycles. The minimum absolute atomic E-state index is 0.0861. The Labute approximate surface area is 93.4 Å². The predicted octanol–water partition coefficient (Wildman–Crippen LogP) is 0.243. The highest BCUT2D eigenvalue weighted by Gasteiger charge is 2.31. The molecule has 0 amide bonds. The molecule has 5 nitrogen and oxygen atoms in total. The van der Waals surface area contributed by atoms with Crippen molar-refractivity contribution in [3.63, 3.8) is 0 Å².